The number of hydrogen-bond donors (Lipinski definition) is 2. The first-order valence-corrected chi connectivity index (χ1v) is 7.74. The van der Waals surface area contributed by atoms with Gasteiger partial charge in [0.1, 0.15) is 5.82 Å². The Kier molecular flexibility index (Phi) is 4.85. The van der Waals surface area contributed by atoms with Crippen LogP contribution in [-0.4, -0.2) is 18.1 Å². The third-order valence-electron chi connectivity index (χ3n) is 3.61. The number of pyridine rings is 1. The van der Waals surface area contributed by atoms with Crippen molar-refractivity contribution in [2.24, 2.45) is 0 Å². The molecule has 2 nitrogen and oxygen atoms in total. The van der Waals surface area contributed by atoms with Crippen molar-refractivity contribution in [3.63, 3.8) is 0 Å². The molecule has 1 aliphatic heterocycles. The number of hydrogen-bond acceptors (Lipinski definition) is 4. The molecule has 0 amide bonds. The van der Waals surface area contributed by atoms with Crippen molar-refractivity contribution < 1.29 is 0 Å². The summed E-state index contributed by atoms with van der Waals surface area (Å²) in [5, 5.41) is 0. The molecule has 4 heteroatoms. The quantitative estimate of drug-likeness (QED) is 0.497. The Morgan fingerprint density at radius 2 is 2.11 bits per heavy atom. The predicted molar refractivity (Wildman–Crippen MR) is 89.4 cm³/mol. The minimum absolute atomic E-state index is 0.429. The monoisotopic (exact) mass is 294 g/mol. The van der Waals surface area contributed by atoms with E-state index in [1.165, 1.54) is 0 Å². The van der Waals surface area contributed by atoms with Crippen LogP contribution in [0.3, 0.4) is 0 Å². The Morgan fingerprint density at radius 1 is 1.32 bits per heavy atom. The van der Waals surface area contributed by atoms with Crippen LogP contribution < -0.4 is 4.90 Å². The van der Waals surface area contributed by atoms with Gasteiger partial charge in [0.15, 0.2) is 0 Å². The van der Waals surface area contributed by atoms with Gasteiger partial charge in [0.05, 0.1) is 4.08 Å². The van der Waals surface area contributed by atoms with Crippen LogP contribution in [-0.2, 0) is 4.08 Å². The highest BCUT2D eigenvalue weighted by Crippen LogP contribution is 2.32. The second kappa shape index (κ2) is 6.23. The highest BCUT2D eigenvalue weighted by Gasteiger charge is 2.17. The zero-order chi connectivity index (χ0) is 13.9. The van der Waals surface area contributed by atoms with Crippen molar-refractivity contribution >= 4 is 31.1 Å². The first-order valence-electron chi connectivity index (χ1n) is 6.85. The largest absolute Gasteiger partial charge is 0.356 e. The average molecular weight is 294 g/mol. The molecule has 0 bridgehead atoms. The predicted octanol–water partition coefficient (Wildman–Crippen LogP) is 4.05. The Hall–Kier alpha value is -0.610. The molecule has 0 saturated carbocycles. The highest BCUT2D eigenvalue weighted by molar-refractivity contribution is 7.99. The lowest BCUT2D eigenvalue weighted by molar-refractivity contribution is 0.780. The van der Waals surface area contributed by atoms with Crippen LogP contribution >= 0.6 is 25.3 Å². The minimum atomic E-state index is -0.429. The molecule has 1 aromatic rings. The molecule has 0 fully saturated rings. The zero-order valence-corrected chi connectivity index (χ0v) is 13.4. The fourth-order valence-corrected chi connectivity index (χ4v) is 2.58. The van der Waals surface area contributed by atoms with Crippen LogP contribution in [0.5, 0.6) is 0 Å². The Balaban J connectivity index is 2.07. The van der Waals surface area contributed by atoms with E-state index in [0.717, 1.165) is 43.7 Å². The third kappa shape index (κ3) is 3.93. The fourth-order valence-electron chi connectivity index (χ4n) is 2.32. The van der Waals surface area contributed by atoms with Gasteiger partial charge in [-0.25, -0.2) is 4.98 Å². The summed E-state index contributed by atoms with van der Waals surface area (Å²) in [4.78, 5) is 6.92. The summed E-state index contributed by atoms with van der Waals surface area (Å²) >= 11 is 8.90. The van der Waals surface area contributed by atoms with Crippen molar-refractivity contribution in [3.05, 3.63) is 35.5 Å². The Labute approximate surface area is 127 Å². The van der Waals surface area contributed by atoms with E-state index >= 15 is 0 Å². The summed E-state index contributed by atoms with van der Waals surface area (Å²) in [5.74, 6) is 1.06. The van der Waals surface area contributed by atoms with Gasteiger partial charge in [-0.3, -0.25) is 0 Å². The van der Waals surface area contributed by atoms with E-state index in [-0.39, 0.29) is 0 Å². The van der Waals surface area contributed by atoms with E-state index in [1.54, 1.807) is 5.57 Å². The molecule has 0 unspecified atom stereocenters. The van der Waals surface area contributed by atoms with Gasteiger partial charge in [-0.05, 0) is 37.8 Å². The first kappa shape index (κ1) is 14.8. The highest BCUT2D eigenvalue weighted by atomic mass is 32.2. The molecule has 0 spiro atoms. The molecule has 1 aromatic heterocycles. The van der Waals surface area contributed by atoms with Gasteiger partial charge in [0.2, 0.25) is 0 Å². The van der Waals surface area contributed by atoms with Crippen molar-refractivity contribution in [2.45, 2.75) is 37.2 Å². The van der Waals surface area contributed by atoms with Gasteiger partial charge >= 0.3 is 0 Å². The molecular weight excluding hydrogens is 272 g/mol. The van der Waals surface area contributed by atoms with Gasteiger partial charge in [-0.15, -0.1) is 0 Å². The van der Waals surface area contributed by atoms with Crippen LogP contribution in [0.15, 0.2) is 30.0 Å². The topological polar surface area (TPSA) is 16.1 Å². The minimum Gasteiger partial charge on any atom is -0.356 e. The third-order valence-corrected chi connectivity index (χ3v) is 4.12. The molecule has 0 N–H and O–H groups in total. The van der Waals surface area contributed by atoms with Crippen molar-refractivity contribution in [2.75, 3.05) is 18.0 Å². The summed E-state index contributed by atoms with van der Waals surface area (Å²) < 4.78 is -0.429. The normalized spacial score (nSPS) is 17.1. The number of aromatic nitrogens is 1. The van der Waals surface area contributed by atoms with E-state index in [0.29, 0.717) is 0 Å². The maximum absolute atomic E-state index is 4.57. The number of thiol groups is 2. The van der Waals surface area contributed by atoms with Crippen molar-refractivity contribution in [1.82, 2.24) is 4.98 Å². The molecule has 2 heterocycles. The van der Waals surface area contributed by atoms with Gasteiger partial charge in [0.25, 0.3) is 0 Å². The average Bonchev–Trinajstić information content (AvgIpc) is 2.63. The SMILES string of the molecule is CCC1=CCCN(c2ccc(C(C)(S)S)cn2)CC1. The first-order chi connectivity index (χ1) is 9.00. The van der Waals surface area contributed by atoms with Crippen LogP contribution in [0, 0.1) is 0 Å². The lowest BCUT2D eigenvalue weighted by atomic mass is 10.1. The van der Waals surface area contributed by atoms with Crippen LogP contribution in [0.4, 0.5) is 5.82 Å². The van der Waals surface area contributed by atoms with Crippen LogP contribution in [0.25, 0.3) is 0 Å². The molecule has 19 heavy (non-hydrogen) atoms. The lowest BCUT2D eigenvalue weighted by Gasteiger charge is -2.23. The van der Waals surface area contributed by atoms with Gasteiger partial charge in [-0.1, -0.05) is 24.6 Å². The Morgan fingerprint density at radius 3 is 2.68 bits per heavy atom. The maximum Gasteiger partial charge on any atom is 0.128 e. The molecule has 104 valence electrons. The van der Waals surface area contributed by atoms with Gasteiger partial charge in [0, 0.05) is 19.3 Å². The summed E-state index contributed by atoms with van der Waals surface area (Å²) in [6, 6.07) is 4.15. The summed E-state index contributed by atoms with van der Waals surface area (Å²) in [5.41, 5.74) is 2.60. The molecule has 0 radical (unpaired) electrons. The molecule has 2 rings (SSSR count). The van der Waals surface area contributed by atoms with Crippen molar-refractivity contribution in [1.29, 1.82) is 0 Å². The van der Waals surface area contributed by atoms with Gasteiger partial charge in [-0.2, -0.15) is 25.3 Å². The molecular formula is C15H22N2S2. The molecule has 0 aromatic carbocycles. The second-order valence-electron chi connectivity index (χ2n) is 5.17. The summed E-state index contributed by atoms with van der Waals surface area (Å²) in [6.07, 6.45) is 7.69. The lowest BCUT2D eigenvalue weighted by Crippen LogP contribution is -2.25. The van der Waals surface area contributed by atoms with E-state index < -0.39 is 4.08 Å². The van der Waals surface area contributed by atoms with E-state index in [9.17, 15) is 0 Å². The standard InChI is InChI=1S/C15H22N2S2/c1-3-12-5-4-9-17(10-8-12)14-7-6-13(11-16-14)15(2,18)19/h5-7,11,18-19H,3-4,8-10H2,1-2H3. The van der Waals surface area contributed by atoms with E-state index in [2.05, 4.69) is 60.3 Å². The Bertz CT molecular complexity index is 446. The smallest absolute Gasteiger partial charge is 0.128 e. The van der Waals surface area contributed by atoms with Crippen LogP contribution in [0.1, 0.15) is 38.7 Å². The van der Waals surface area contributed by atoms with Gasteiger partial charge < -0.3 is 4.90 Å². The molecule has 0 atom stereocenters. The fraction of sp³-hybridized carbons (Fsp3) is 0.533. The zero-order valence-electron chi connectivity index (χ0n) is 11.6. The molecule has 1 aliphatic rings. The maximum atomic E-state index is 4.57. The van der Waals surface area contributed by atoms with Crippen molar-refractivity contribution in [3.8, 4) is 0 Å². The summed E-state index contributed by atoms with van der Waals surface area (Å²) in [6.45, 7) is 6.30. The summed E-state index contributed by atoms with van der Waals surface area (Å²) in [7, 11) is 0. The molecule has 0 saturated heterocycles. The number of anilines is 1. The van der Waals surface area contributed by atoms with E-state index in [1.807, 2.05) is 13.1 Å². The number of rotatable bonds is 3. The van der Waals surface area contributed by atoms with E-state index in [4.69, 9.17) is 0 Å². The van der Waals surface area contributed by atoms with Crippen LogP contribution in [0.2, 0.25) is 0 Å². The second-order valence-corrected chi connectivity index (χ2v) is 7.31. The molecule has 0 aliphatic carbocycles. The number of nitrogens with zero attached hydrogens (tertiary/aromatic N) is 2.